The Morgan fingerprint density at radius 3 is 2.33 bits per heavy atom. The van der Waals surface area contributed by atoms with Gasteiger partial charge < -0.3 is 14.7 Å². The molecule has 1 N–H and O–H groups in total. The van der Waals surface area contributed by atoms with Gasteiger partial charge in [-0.2, -0.15) is 0 Å². The smallest absolute Gasteiger partial charge is 0.305 e. The van der Waals surface area contributed by atoms with E-state index in [9.17, 15) is 9.59 Å². The lowest BCUT2D eigenvalue weighted by Gasteiger charge is -2.33. The molecule has 0 spiro atoms. The maximum Gasteiger partial charge on any atom is 0.305 e. The fourth-order valence-corrected chi connectivity index (χ4v) is 3.35. The van der Waals surface area contributed by atoms with Crippen LogP contribution in [0, 0.1) is 5.92 Å². The number of ether oxygens (including phenoxy) is 1. The van der Waals surface area contributed by atoms with Crippen LogP contribution < -0.4 is 0 Å². The minimum absolute atomic E-state index is 0.0564. The Morgan fingerprint density at radius 1 is 1.05 bits per heavy atom. The second-order valence-corrected chi connectivity index (χ2v) is 6.30. The number of carboxylic acids is 1. The highest BCUT2D eigenvalue weighted by Gasteiger charge is 2.25. The summed E-state index contributed by atoms with van der Waals surface area (Å²) < 4.78 is 5.55. The third-order valence-corrected chi connectivity index (χ3v) is 4.65. The van der Waals surface area contributed by atoms with Crippen molar-refractivity contribution >= 4 is 11.9 Å². The van der Waals surface area contributed by atoms with Gasteiger partial charge in [0.15, 0.2) is 0 Å². The first-order chi connectivity index (χ1) is 10.1. The van der Waals surface area contributed by atoms with Gasteiger partial charge in [-0.1, -0.05) is 19.3 Å². The van der Waals surface area contributed by atoms with E-state index in [4.69, 9.17) is 9.84 Å². The average molecular weight is 297 g/mol. The molecule has 5 heteroatoms. The van der Waals surface area contributed by atoms with Crippen LogP contribution in [0.1, 0.15) is 57.8 Å². The largest absolute Gasteiger partial charge is 0.481 e. The average Bonchev–Trinajstić information content (AvgIpc) is 2.48. The highest BCUT2D eigenvalue weighted by atomic mass is 16.5. The number of nitrogens with zero attached hydrogens (tertiary/aromatic N) is 1. The van der Waals surface area contributed by atoms with Crippen molar-refractivity contribution in [3.05, 3.63) is 0 Å². The zero-order valence-corrected chi connectivity index (χ0v) is 12.8. The summed E-state index contributed by atoms with van der Waals surface area (Å²) in [5.74, 6) is 0.0665. The monoisotopic (exact) mass is 297 g/mol. The van der Waals surface area contributed by atoms with Gasteiger partial charge >= 0.3 is 5.97 Å². The van der Waals surface area contributed by atoms with E-state index in [1.807, 2.05) is 4.90 Å². The molecule has 0 aromatic rings. The summed E-state index contributed by atoms with van der Waals surface area (Å²) >= 11 is 0. The van der Waals surface area contributed by atoms with Gasteiger partial charge in [0.25, 0.3) is 0 Å². The minimum atomic E-state index is -0.824. The molecule has 0 bridgehead atoms. The summed E-state index contributed by atoms with van der Waals surface area (Å²) in [6.07, 6.45) is 8.83. The van der Waals surface area contributed by atoms with E-state index in [2.05, 4.69) is 0 Å². The zero-order chi connectivity index (χ0) is 15.1. The Balaban J connectivity index is 1.63. The molecule has 5 nitrogen and oxygen atoms in total. The number of carbonyl (C=O) groups is 2. The molecule has 1 saturated carbocycles. The summed E-state index contributed by atoms with van der Waals surface area (Å²) in [6, 6.07) is 0. The minimum Gasteiger partial charge on any atom is -0.481 e. The lowest BCUT2D eigenvalue weighted by atomic mass is 9.86. The molecule has 0 aromatic heterocycles. The van der Waals surface area contributed by atoms with Crippen LogP contribution in [-0.2, 0) is 14.3 Å². The number of likely N-dealkylation sites (tertiary alicyclic amines) is 1. The summed E-state index contributed by atoms with van der Waals surface area (Å²) in [4.78, 5) is 24.7. The van der Waals surface area contributed by atoms with Gasteiger partial charge in [0, 0.05) is 19.5 Å². The summed E-state index contributed by atoms with van der Waals surface area (Å²) in [6.45, 7) is 1.78. The Kier molecular flexibility index (Phi) is 6.49. The lowest BCUT2D eigenvalue weighted by Crippen LogP contribution is -2.41. The number of amides is 1. The molecule has 2 fully saturated rings. The maximum absolute atomic E-state index is 12.3. The van der Waals surface area contributed by atoms with Gasteiger partial charge in [-0.15, -0.1) is 0 Å². The number of hydrogen-bond donors (Lipinski definition) is 1. The molecule has 1 heterocycles. The Morgan fingerprint density at radius 2 is 1.71 bits per heavy atom. The molecule has 1 aliphatic carbocycles. The first kappa shape index (κ1) is 16.3. The molecule has 21 heavy (non-hydrogen) atoms. The van der Waals surface area contributed by atoms with Crippen molar-refractivity contribution in [2.45, 2.75) is 63.9 Å². The summed E-state index contributed by atoms with van der Waals surface area (Å²) in [5.41, 5.74) is 0. The van der Waals surface area contributed by atoms with Crippen LogP contribution in [0.5, 0.6) is 0 Å². The molecule has 2 aliphatic rings. The van der Waals surface area contributed by atoms with Gasteiger partial charge in [0.05, 0.1) is 19.1 Å². The summed E-state index contributed by atoms with van der Waals surface area (Å²) in [7, 11) is 0. The van der Waals surface area contributed by atoms with E-state index in [0.717, 1.165) is 25.9 Å². The Bertz CT molecular complexity index is 344. The SMILES string of the molecule is O=C(O)CCOC1CCN(C(=O)CC2CCCCC2)CC1. The van der Waals surface area contributed by atoms with E-state index in [1.165, 1.54) is 32.1 Å². The molecule has 1 saturated heterocycles. The van der Waals surface area contributed by atoms with E-state index in [1.54, 1.807) is 0 Å². The third kappa shape index (κ3) is 5.65. The molecule has 120 valence electrons. The van der Waals surface area contributed by atoms with Crippen LogP contribution >= 0.6 is 0 Å². The molecule has 1 amide bonds. The second kappa shape index (κ2) is 8.37. The number of aliphatic carboxylic acids is 1. The normalized spacial score (nSPS) is 21.4. The number of rotatable bonds is 6. The van der Waals surface area contributed by atoms with E-state index < -0.39 is 5.97 Å². The molecule has 0 unspecified atom stereocenters. The van der Waals surface area contributed by atoms with Gasteiger partial charge in [0.1, 0.15) is 0 Å². The first-order valence-electron chi connectivity index (χ1n) is 8.26. The Labute approximate surface area is 126 Å². The van der Waals surface area contributed by atoms with Crippen molar-refractivity contribution in [3.8, 4) is 0 Å². The number of piperidine rings is 1. The molecule has 0 atom stereocenters. The molecule has 0 aromatic carbocycles. The van der Waals surface area contributed by atoms with Crippen LogP contribution in [0.3, 0.4) is 0 Å². The van der Waals surface area contributed by atoms with Crippen molar-refractivity contribution < 1.29 is 19.4 Å². The highest BCUT2D eigenvalue weighted by molar-refractivity contribution is 5.76. The van der Waals surface area contributed by atoms with Gasteiger partial charge in [-0.25, -0.2) is 0 Å². The van der Waals surface area contributed by atoms with Crippen molar-refractivity contribution in [1.82, 2.24) is 4.90 Å². The third-order valence-electron chi connectivity index (χ3n) is 4.65. The van der Waals surface area contributed by atoms with Gasteiger partial charge in [-0.05, 0) is 31.6 Å². The maximum atomic E-state index is 12.3. The standard InChI is InChI=1S/C16H27NO4/c18-15(12-13-4-2-1-3-5-13)17-9-6-14(7-10-17)21-11-8-16(19)20/h13-14H,1-12H2,(H,19,20). The van der Waals surface area contributed by atoms with E-state index in [-0.39, 0.29) is 19.1 Å². The fourth-order valence-electron chi connectivity index (χ4n) is 3.35. The molecule has 2 rings (SSSR count). The number of carboxylic acid groups (broad SMARTS) is 1. The molecule has 1 aliphatic heterocycles. The predicted octanol–water partition coefficient (Wildman–Crippen LogP) is 2.44. The molecule has 0 radical (unpaired) electrons. The molecular formula is C16H27NO4. The van der Waals surface area contributed by atoms with Crippen LogP contribution in [0.25, 0.3) is 0 Å². The Hall–Kier alpha value is -1.10. The second-order valence-electron chi connectivity index (χ2n) is 6.30. The van der Waals surface area contributed by atoms with Crippen LogP contribution in [-0.4, -0.2) is 47.7 Å². The highest BCUT2D eigenvalue weighted by Crippen LogP contribution is 2.27. The van der Waals surface area contributed by atoms with Crippen LogP contribution in [0.4, 0.5) is 0 Å². The zero-order valence-electron chi connectivity index (χ0n) is 12.8. The van der Waals surface area contributed by atoms with Crippen LogP contribution in [0.15, 0.2) is 0 Å². The quantitative estimate of drug-likeness (QED) is 0.817. The summed E-state index contributed by atoms with van der Waals surface area (Å²) in [5, 5.41) is 8.58. The first-order valence-corrected chi connectivity index (χ1v) is 8.26. The van der Waals surface area contributed by atoms with E-state index >= 15 is 0 Å². The van der Waals surface area contributed by atoms with Gasteiger partial charge in [-0.3, -0.25) is 9.59 Å². The number of carbonyl (C=O) groups excluding carboxylic acids is 1. The van der Waals surface area contributed by atoms with Crippen molar-refractivity contribution in [2.24, 2.45) is 5.92 Å². The van der Waals surface area contributed by atoms with Crippen molar-refractivity contribution in [2.75, 3.05) is 19.7 Å². The van der Waals surface area contributed by atoms with Crippen LogP contribution in [0.2, 0.25) is 0 Å². The lowest BCUT2D eigenvalue weighted by molar-refractivity contribution is -0.139. The number of hydrogen-bond acceptors (Lipinski definition) is 3. The van der Waals surface area contributed by atoms with Gasteiger partial charge in [0.2, 0.25) is 5.91 Å². The van der Waals surface area contributed by atoms with Crippen molar-refractivity contribution in [1.29, 1.82) is 0 Å². The van der Waals surface area contributed by atoms with Crippen molar-refractivity contribution in [3.63, 3.8) is 0 Å². The molecular weight excluding hydrogens is 270 g/mol. The van der Waals surface area contributed by atoms with E-state index in [0.29, 0.717) is 18.2 Å². The predicted molar refractivity (Wildman–Crippen MR) is 79.0 cm³/mol. The topological polar surface area (TPSA) is 66.8 Å². The fraction of sp³-hybridized carbons (Fsp3) is 0.875.